The smallest absolute Gasteiger partial charge is 0.317 e. The Morgan fingerprint density at radius 2 is 1.83 bits per heavy atom. The highest BCUT2D eigenvalue weighted by Gasteiger charge is 2.25. The van der Waals surface area contributed by atoms with Crippen LogP contribution in [0.3, 0.4) is 0 Å². The number of phenols is 1. The van der Waals surface area contributed by atoms with E-state index >= 15 is 0 Å². The first kappa shape index (κ1) is 25.3. The number of aryl methyl sites for hydroxylation is 1. The van der Waals surface area contributed by atoms with Crippen molar-refractivity contribution in [1.82, 2.24) is 15.2 Å². The van der Waals surface area contributed by atoms with E-state index < -0.39 is 0 Å². The molecule has 2 heterocycles. The minimum atomic E-state index is -0.0629. The minimum Gasteiger partial charge on any atom is -0.508 e. The Bertz CT molecular complexity index is 1300. The first-order chi connectivity index (χ1) is 17.3. The average molecular weight is 491 g/mol. The first-order valence-electron chi connectivity index (χ1n) is 12.5. The summed E-state index contributed by atoms with van der Waals surface area (Å²) in [7, 11) is 0. The van der Waals surface area contributed by atoms with Crippen LogP contribution in [0, 0.1) is 6.92 Å². The Morgan fingerprint density at radius 1 is 1.11 bits per heavy atom. The number of urea groups is 1. The van der Waals surface area contributed by atoms with Crippen LogP contribution in [0.15, 0.2) is 41.4 Å². The fraction of sp³-hybridized carbons (Fsp3) is 0.393. The van der Waals surface area contributed by atoms with E-state index in [9.17, 15) is 19.8 Å². The monoisotopic (exact) mass is 490 g/mol. The number of rotatable bonds is 7. The lowest BCUT2D eigenvalue weighted by atomic mass is 9.96. The van der Waals surface area contributed by atoms with Crippen molar-refractivity contribution in [2.24, 2.45) is 4.99 Å². The largest absolute Gasteiger partial charge is 0.508 e. The van der Waals surface area contributed by atoms with Gasteiger partial charge >= 0.3 is 6.03 Å². The van der Waals surface area contributed by atoms with Crippen LogP contribution in [0.25, 0.3) is 10.9 Å². The van der Waals surface area contributed by atoms with E-state index in [4.69, 9.17) is 4.99 Å². The van der Waals surface area contributed by atoms with Crippen molar-refractivity contribution in [2.45, 2.75) is 52.5 Å². The van der Waals surface area contributed by atoms with Gasteiger partial charge in [0, 0.05) is 41.7 Å². The highest BCUT2D eigenvalue weighted by Crippen LogP contribution is 2.33. The van der Waals surface area contributed by atoms with E-state index in [-0.39, 0.29) is 29.5 Å². The van der Waals surface area contributed by atoms with Crippen molar-refractivity contribution in [3.63, 3.8) is 0 Å². The molecule has 3 aromatic rings. The van der Waals surface area contributed by atoms with E-state index in [0.29, 0.717) is 65.8 Å². The number of phenolic OH excluding ortho intramolecular Hbond substituents is 1. The number of carbonyl (C=O) groups excluding carboxylic acids is 2. The second-order valence-electron chi connectivity index (χ2n) is 9.45. The summed E-state index contributed by atoms with van der Waals surface area (Å²) in [5.41, 5.74) is 3.82. The lowest BCUT2D eigenvalue weighted by Gasteiger charge is -2.30. The summed E-state index contributed by atoms with van der Waals surface area (Å²) in [6.07, 6.45) is 3.39. The van der Waals surface area contributed by atoms with Crippen molar-refractivity contribution in [1.29, 1.82) is 0 Å². The molecule has 8 heteroatoms. The Kier molecular flexibility index (Phi) is 7.62. The number of hydrogen-bond donors (Lipinski definition) is 4. The zero-order valence-corrected chi connectivity index (χ0v) is 21.1. The normalized spacial score (nSPS) is 14.9. The molecular weight excluding hydrogens is 456 g/mol. The highest BCUT2D eigenvalue weighted by atomic mass is 16.3. The number of hydrogen-bond acceptors (Lipinski definition) is 5. The number of ketones is 1. The number of unbranched alkanes of at least 4 members (excludes halogenated alkanes) is 1. The SMILES string of the molecule is CCCCNC(=O)N1CCC(N=C(c2ccc(O)c(C)c2)c2c(O)[nH]c3ccc(C(C)=O)cc23)CC1. The molecule has 190 valence electrons. The molecule has 1 saturated heterocycles. The molecule has 0 atom stereocenters. The molecule has 0 unspecified atom stereocenters. The number of amides is 2. The van der Waals surface area contributed by atoms with Gasteiger partial charge in [-0.25, -0.2) is 4.79 Å². The number of aromatic hydroxyl groups is 2. The number of benzene rings is 2. The van der Waals surface area contributed by atoms with Gasteiger partial charge in [-0.2, -0.15) is 0 Å². The van der Waals surface area contributed by atoms with Gasteiger partial charge in [0.15, 0.2) is 11.7 Å². The van der Waals surface area contributed by atoms with Gasteiger partial charge < -0.3 is 25.4 Å². The molecule has 1 aliphatic heterocycles. The molecule has 0 aliphatic carbocycles. The topological polar surface area (TPSA) is 118 Å². The second kappa shape index (κ2) is 10.8. The van der Waals surface area contributed by atoms with Gasteiger partial charge in [0.2, 0.25) is 0 Å². The maximum Gasteiger partial charge on any atom is 0.317 e. The van der Waals surface area contributed by atoms with Gasteiger partial charge in [0.05, 0.1) is 17.3 Å². The number of aliphatic imine (C=N–C) groups is 1. The lowest BCUT2D eigenvalue weighted by molar-refractivity contribution is 0.101. The molecule has 1 aromatic heterocycles. The minimum absolute atomic E-state index is 0.0251. The quantitative estimate of drug-likeness (QED) is 0.214. The van der Waals surface area contributed by atoms with Gasteiger partial charge in [-0.05, 0) is 75.1 Å². The predicted molar refractivity (Wildman–Crippen MR) is 141 cm³/mol. The van der Waals surface area contributed by atoms with E-state index in [1.165, 1.54) is 6.92 Å². The highest BCUT2D eigenvalue weighted by molar-refractivity contribution is 6.21. The number of aromatic amines is 1. The molecule has 0 radical (unpaired) electrons. The Labute approximate surface area is 211 Å². The number of H-pyrrole nitrogens is 1. The van der Waals surface area contributed by atoms with Crippen molar-refractivity contribution < 1.29 is 19.8 Å². The molecule has 8 nitrogen and oxygen atoms in total. The van der Waals surface area contributed by atoms with Crippen LogP contribution in [-0.2, 0) is 0 Å². The van der Waals surface area contributed by atoms with Crippen molar-refractivity contribution in [3.05, 3.63) is 58.7 Å². The van der Waals surface area contributed by atoms with E-state index in [2.05, 4.69) is 17.2 Å². The number of piperidine rings is 1. The molecule has 2 amide bonds. The average Bonchev–Trinajstić information content (AvgIpc) is 3.19. The third-order valence-electron chi connectivity index (χ3n) is 6.76. The summed E-state index contributed by atoms with van der Waals surface area (Å²) in [4.78, 5) is 34.4. The number of carbonyl (C=O) groups is 2. The summed E-state index contributed by atoms with van der Waals surface area (Å²) < 4.78 is 0. The lowest BCUT2D eigenvalue weighted by Crippen LogP contribution is -2.45. The van der Waals surface area contributed by atoms with Crippen LogP contribution in [0.2, 0.25) is 0 Å². The molecule has 2 aromatic carbocycles. The van der Waals surface area contributed by atoms with Gasteiger partial charge in [0.25, 0.3) is 0 Å². The summed E-state index contributed by atoms with van der Waals surface area (Å²) >= 11 is 0. The number of nitrogens with zero attached hydrogens (tertiary/aromatic N) is 2. The summed E-state index contributed by atoms with van der Waals surface area (Å²) in [6, 6.07) is 10.5. The molecule has 1 aliphatic rings. The predicted octanol–water partition coefficient (Wildman–Crippen LogP) is 4.90. The molecule has 36 heavy (non-hydrogen) atoms. The zero-order chi connectivity index (χ0) is 25.8. The van der Waals surface area contributed by atoms with Gasteiger partial charge in [-0.3, -0.25) is 9.79 Å². The number of likely N-dealkylation sites (tertiary alicyclic amines) is 1. The fourth-order valence-electron chi connectivity index (χ4n) is 4.59. The number of fused-ring (bicyclic) bond motifs is 1. The van der Waals surface area contributed by atoms with E-state index in [1.807, 2.05) is 17.9 Å². The summed E-state index contributed by atoms with van der Waals surface area (Å²) in [5, 5.41) is 24.7. The summed E-state index contributed by atoms with van der Waals surface area (Å²) in [6.45, 7) is 7.30. The first-order valence-corrected chi connectivity index (χ1v) is 12.5. The maximum absolute atomic E-state index is 12.4. The number of Topliss-reactive ketones (excluding diaryl/α,β-unsaturated/α-hetero) is 1. The van der Waals surface area contributed by atoms with Crippen molar-refractivity contribution in [2.75, 3.05) is 19.6 Å². The van der Waals surface area contributed by atoms with Gasteiger partial charge in [0.1, 0.15) is 5.75 Å². The Morgan fingerprint density at radius 3 is 2.50 bits per heavy atom. The van der Waals surface area contributed by atoms with Gasteiger partial charge in [-0.1, -0.05) is 13.3 Å². The maximum atomic E-state index is 12.4. The van der Waals surface area contributed by atoms with Crippen LogP contribution >= 0.6 is 0 Å². The zero-order valence-electron chi connectivity index (χ0n) is 21.1. The Hall–Kier alpha value is -3.81. The molecule has 4 N–H and O–H groups in total. The summed E-state index contributed by atoms with van der Waals surface area (Å²) in [5.74, 6) is 0.0949. The third-order valence-corrected chi connectivity index (χ3v) is 6.76. The third kappa shape index (κ3) is 5.37. The molecular formula is C28H34N4O4. The molecule has 0 bridgehead atoms. The van der Waals surface area contributed by atoms with Crippen LogP contribution in [0.4, 0.5) is 4.79 Å². The van der Waals surface area contributed by atoms with Crippen LogP contribution in [-0.4, -0.2) is 63.3 Å². The molecule has 0 saturated carbocycles. The Balaban J connectivity index is 1.69. The number of aromatic nitrogens is 1. The molecule has 4 rings (SSSR count). The molecule has 1 fully saturated rings. The molecule has 0 spiro atoms. The van der Waals surface area contributed by atoms with E-state index in [0.717, 1.165) is 18.4 Å². The van der Waals surface area contributed by atoms with Crippen LogP contribution < -0.4 is 5.32 Å². The van der Waals surface area contributed by atoms with Crippen LogP contribution in [0.1, 0.15) is 66.6 Å². The fourth-order valence-corrected chi connectivity index (χ4v) is 4.59. The van der Waals surface area contributed by atoms with Crippen LogP contribution in [0.5, 0.6) is 11.6 Å². The van der Waals surface area contributed by atoms with Crippen molar-refractivity contribution in [3.8, 4) is 11.6 Å². The van der Waals surface area contributed by atoms with E-state index in [1.54, 1.807) is 30.3 Å². The van der Waals surface area contributed by atoms with Gasteiger partial charge in [-0.15, -0.1) is 0 Å². The number of nitrogens with one attached hydrogen (secondary N) is 2. The van der Waals surface area contributed by atoms with Crippen molar-refractivity contribution >= 4 is 28.4 Å². The standard InChI is InChI=1S/C28H34N4O4/c1-4-5-12-29-28(36)32-13-10-21(11-14-32)30-26(20-7-9-24(34)17(2)15-20)25-22-16-19(18(3)33)6-8-23(22)31-27(25)35/h6-9,15-16,21,31,34-35H,4-5,10-14H2,1-3H3,(H,29,36). The second-order valence-corrected chi connectivity index (χ2v) is 9.45.